The second kappa shape index (κ2) is 6.37. The van der Waals surface area contributed by atoms with Crippen LogP contribution in [0, 0.1) is 6.92 Å². The number of hydrogen-bond acceptors (Lipinski definition) is 3. The predicted octanol–water partition coefficient (Wildman–Crippen LogP) is 2.32. The van der Waals surface area contributed by atoms with Crippen molar-refractivity contribution in [1.29, 1.82) is 0 Å². The van der Waals surface area contributed by atoms with Crippen LogP contribution in [0.1, 0.15) is 17.5 Å². The van der Waals surface area contributed by atoms with Crippen molar-refractivity contribution in [3.05, 3.63) is 34.3 Å². The summed E-state index contributed by atoms with van der Waals surface area (Å²) in [4.78, 5) is 13.0. The quantitative estimate of drug-likeness (QED) is 0.921. The molecule has 1 fully saturated rings. The lowest BCUT2D eigenvalue weighted by Crippen LogP contribution is -2.45. The fourth-order valence-corrected chi connectivity index (χ4v) is 2.58. The number of aliphatic carboxylic acids is 1. The lowest BCUT2D eigenvalue weighted by atomic mass is 10.1. The zero-order valence-electron chi connectivity index (χ0n) is 10.9. The van der Waals surface area contributed by atoms with E-state index in [-0.39, 0.29) is 12.5 Å². The molecule has 1 aliphatic heterocycles. The highest BCUT2D eigenvalue weighted by atomic mass is 35.5. The van der Waals surface area contributed by atoms with E-state index in [9.17, 15) is 4.79 Å². The molecule has 4 nitrogen and oxygen atoms in total. The number of benzene rings is 1. The molecule has 0 radical (unpaired) electrons. The first-order valence-corrected chi connectivity index (χ1v) is 6.72. The van der Waals surface area contributed by atoms with Gasteiger partial charge >= 0.3 is 5.97 Å². The molecule has 1 N–H and O–H groups in total. The average Bonchev–Trinajstić information content (AvgIpc) is 2.34. The van der Waals surface area contributed by atoms with Crippen molar-refractivity contribution < 1.29 is 14.6 Å². The Labute approximate surface area is 117 Å². The van der Waals surface area contributed by atoms with Gasteiger partial charge in [0.05, 0.1) is 19.6 Å². The van der Waals surface area contributed by atoms with E-state index in [1.165, 1.54) is 0 Å². The van der Waals surface area contributed by atoms with E-state index in [0.717, 1.165) is 22.7 Å². The summed E-state index contributed by atoms with van der Waals surface area (Å²) in [7, 11) is 0. The number of ether oxygens (including phenoxy) is 1. The lowest BCUT2D eigenvalue weighted by Gasteiger charge is -2.35. The molecule has 0 aliphatic carbocycles. The summed E-state index contributed by atoms with van der Waals surface area (Å²) in [5.74, 6) is -0.796. The van der Waals surface area contributed by atoms with Crippen molar-refractivity contribution in [1.82, 2.24) is 4.90 Å². The molecule has 0 bridgehead atoms. The highest BCUT2D eigenvalue weighted by molar-refractivity contribution is 6.31. The second-order valence-electron chi connectivity index (χ2n) is 4.89. The number of halogens is 1. The Morgan fingerprint density at radius 1 is 1.58 bits per heavy atom. The molecule has 5 heteroatoms. The largest absolute Gasteiger partial charge is 0.481 e. The summed E-state index contributed by atoms with van der Waals surface area (Å²) in [6.07, 6.45) is 0.101. The van der Waals surface area contributed by atoms with Crippen molar-refractivity contribution in [2.75, 3.05) is 19.8 Å². The van der Waals surface area contributed by atoms with Crippen LogP contribution in [-0.2, 0) is 16.1 Å². The maximum absolute atomic E-state index is 10.9. The van der Waals surface area contributed by atoms with Crippen LogP contribution < -0.4 is 0 Å². The first-order chi connectivity index (χ1) is 9.06. The monoisotopic (exact) mass is 283 g/mol. The molecule has 1 heterocycles. The van der Waals surface area contributed by atoms with Gasteiger partial charge in [0, 0.05) is 24.2 Å². The summed E-state index contributed by atoms with van der Waals surface area (Å²) in [6, 6.07) is 5.88. The van der Waals surface area contributed by atoms with Gasteiger partial charge < -0.3 is 9.84 Å². The number of rotatable bonds is 4. The minimum absolute atomic E-state index is 0.0800. The zero-order chi connectivity index (χ0) is 13.8. The van der Waals surface area contributed by atoms with E-state index in [4.69, 9.17) is 21.4 Å². The zero-order valence-corrected chi connectivity index (χ0v) is 11.7. The van der Waals surface area contributed by atoms with Gasteiger partial charge in [0.1, 0.15) is 0 Å². The molecule has 1 aliphatic rings. The minimum Gasteiger partial charge on any atom is -0.481 e. The topological polar surface area (TPSA) is 49.8 Å². The van der Waals surface area contributed by atoms with Crippen LogP contribution in [0.5, 0.6) is 0 Å². The van der Waals surface area contributed by atoms with Gasteiger partial charge in [0.25, 0.3) is 0 Å². The van der Waals surface area contributed by atoms with Gasteiger partial charge in [-0.15, -0.1) is 0 Å². The first kappa shape index (κ1) is 14.3. The molecule has 1 atom stereocenters. The molecule has 2 rings (SSSR count). The third-order valence-corrected chi connectivity index (χ3v) is 3.69. The number of aryl methyl sites for hydroxylation is 1. The molecule has 0 amide bonds. The molecule has 1 saturated heterocycles. The standard InChI is InChI=1S/C14H18ClNO3/c1-10-2-3-11(13(15)6-10)8-16-4-5-19-9-12(16)7-14(17)18/h2-3,6,12H,4-5,7-9H2,1H3,(H,17,18). The minimum atomic E-state index is -0.796. The normalized spacial score (nSPS) is 20.4. The molecule has 1 aromatic carbocycles. The van der Waals surface area contributed by atoms with Gasteiger partial charge in [0.15, 0.2) is 0 Å². The van der Waals surface area contributed by atoms with E-state index in [1.807, 2.05) is 25.1 Å². The third kappa shape index (κ3) is 3.93. The molecule has 1 unspecified atom stereocenters. The van der Waals surface area contributed by atoms with Crippen LogP contribution in [0.3, 0.4) is 0 Å². The summed E-state index contributed by atoms with van der Waals surface area (Å²) < 4.78 is 5.36. The smallest absolute Gasteiger partial charge is 0.305 e. The van der Waals surface area contributed by atoms with E-state index in [0.29, 0.717) is 19.8 Å². The molecule has 19 heavy (non-hydrogen) atoms. The third-order valence-electron chi connectivity index (χ3n) is 3.34. The van der Waals surface area contributed by atoms with Gasteiger partial charge in [-0.2, -0.15) is 0 Å². The molecular weight excluding hydrogens is 266 g/mol. The summed E-state index contributed by atoms with van der Waals surface area (Å²) in [6.45, 7) is 4.51. The summed E-state index contributed by atoms with van der Waals surface area (Å²) >= 11 is 6.23. The van der Waals surface area contributed by atoms with E-state index < -0.39 is 5.97 Å². The molecule has 0 saturated carbocycles. The Morgan fingerprint density at radius 2 is 2.37 bits per heavy atom. The Balaban J connectivity index is 2.08. The Kier molecular flexibility index (Phi) is 4.80. The van der Waals surface area contributed by atoms with Crippen molar-refractivity contribution in [3.63, 3.8) is 0 Å². The van der Waals surface area contributed by atoms with E-state index in [1.54, 1.807) is 0 Å². The Hall–Kier alpha value is -1.10. The van der Waals surface area contributed by atoms with Crippen LogP contribution in [0.25, 0.3) is 0 Å². The number of carbonyl (C=O) groups is 1. The van der Waals surface area contributed by atoms with Crippen LogP contribution in [0.4, 0.5) is 0 Å². The first-order valence-electron chi connectivity index (χ1n) is 6.35. The van der Waals surface area contributed by atoms with E-state index >= 15 is 0 Å². The van der Waals surface area contributed by atoms with Gasteiger partial charge in [-0.05, 0) is 24.1 Å². The molecule has 0 spiro atoms. The summed E-state index contributed by atoms with van der Waals surface area (Å²) in [5, 5.41) is 9.67. The van der Waals surface area contributed by atoms with Gasteiger partial charge in [-0.25, -0.2) is 0 Å². The number of hydrogen-bond donors (Lipinski definition) is 1. The predicted molar refractivity (Wildman–Crippen MR) is 73.5 cm³/mol. The number of morpholine rings is 1. The fourth-order valence-electron chi connectivity index (χ4n) is 2.29. The lowest BCUT2D eigenvalue weighted by molar-refractivity contribution is -0.140. The Morgan fingerprint density at radius 3 is 3.05 bits per heavy atom. The van der Waals surface area contributed by atoms with Crippen LogP contribution in [0.15, 0.2) is 18.2 Å². The summed E-state index contributed by atoms with van der Waals surface area (Å²) in [5.41, 5.74) is 2.15. The van der Waals surface area contributed by atoms with Gasteiger partial charge in [-0.3, -0.25) is 9.69 Å². The van der Waals surface area contributed by atoms with Gasteiger partial charge in [0.2, 0.25) is 0 Å². The van der Waals surface area contributed by atoms with Gasteiger partial charge in [-0.1, -0.05) is 23.7 Å². The molecular formula is C14H18ClNO3. The van der Waals surface area contributed by atoms with Crippen molar-refractivity contribution in [2.24, 2.45) is 0 Å². The highest BCUT2D eigenvalue weighted by Gasteiger charge is 2.25. The van der Waals surface area contributed by atoms with E-state index in [2.05, 4.69) is 4.90 Å². The maximum atomic E-state index is 10.9. The fraction of sp³-hybridized carbons (Fsp3) is 0.500. The highest BCUT2D eigenvalue weighted by Crippen LogP contribution is 2.22. The van der Waals surface area contributed by atoms with Crippen LogP contribution in [-0.4, -0.2) is 41.8 Å². The van der Waals surface area contributed by atoms with Crippen molar-refractivity contribution >= 4 is 17.6 Å². The number of carboxylic acid groups (broad SMARTS) is 1. The maximum Gasteiger partial charge on any atom is 0.305 e. The average molecular weight is 284 g/mol. The number of carboxylic acids is 1. The molecule has 0 aromatic heterocycles. The van der Waals surface area contributed by atoms with Crippen LogP contribution >= 0.6 is 11.6 Å². The van der Waals surface area contributed by atoms with Crippen LogP contribution in [0.2, 0.25) is 5.02 Å². The Bertz CT molecular complexity index is 464. The SMILES string of the molecule is Cc1ccc(CN2CCOCC2CC(=O)O)c(Cl)c1. The molecule has 104 valence electrons. The van der Waals surface area contributed by atoms with Crippen molar-refractivity contribution in [2.45, 2.75) is 25.9 Å². The second-order valence-corrected chi connectivity index (χ2v) is 5.30. The van der Waals surface area contributed by atoms with Crippen molar-refractivity contribution in [3.8, 4) is 0 Å². The number of nitrogens with zero attached hydrogens (tertiary/aromatic N) is 1. The molecule has 1 aromatic rings.